The highest BCUT2D eigenvalue weighted by Gasteiger charge is 2.15. The van der Waals surface area contributed by atoms with Crippen LogP contribution in [0.5, 0.6) is 5.75 Å². The molecule has 4 N–H and O–H groups in total. The van der Waals surface area contributed by atoms with Gasteiger partial charge in [0.25, 0.3) is 0 Å². The molecule has 0 aliphatic heterocycles. The van der Waals surface area contributed by atoms with E-state index in [0.29, 0.717) is 19.0 Å². The van der Waals surface area contributed by atoms with Gasteiger partial charge in [-0.25, -0.2) is 4.99 Å². The maximum absolute atomic E-state index is 12.2. The lowest BCUT2D eigenvalue weighted by Crippen LogP contribution is -2.41. The minimum absolute atomic E-state index is 0. The number of rotatable bonds is 9. The number of aliphatic hydroxyl groups is 1. The van der Waals surface area contributed by atoms with E-state index in [1.807, 2.05) is 45.0 Å². The van der Waals surface area contributed by atoms with Crippen LogP contribution >= 0.6 is 24.0 Å². The first-order chi connectivity index (χ1) is 14.0. The summed E-state index contributed by atoms with van der Waals surface area (Å²) in [7, 11) is 0. The molecular formula is C22H37IN4O3. The van der Waals surface area contributed by atoms with Crippen LogP contribution in [0.25, 0.3) is 0 Å². The third-order valence-electron chi connectivity index (χ3n) is 4.79. The monoisotopic (exact) mass is 532 g/mol. The molecule has 1 aromatic rings. The van der Waals surface area contributed by atoms with Gasteiger partial charge in [-0.2, -0.15) is 0 Å². The summed E-state index contributed by atoms with van der Waals surface area (Å²) in [5.41, 5.74) is 0.791. The molecule has 1 saturated carbocycles. The number of carbonyl (C=O) groups excluding carboxylic acids is 1. The van der Waals surface area contributed by atoms with Crippen LogP contribution in [0.3, 0.4) is 0 Å². The second kappa shape index (κ2) is 14.5. The van der Waals surface area contributed by atoms with Crippen LogP contribution in [0, 0.1) is 0 Å². The molecule has 7 nitrogen and oxygen atoms in total. The largest absolute Gasteiger partial charge is 0.491 e. The van der Waals surface area contributed by atoms with Crippen LogP contribution in [0.2, 0.25) is 0 Å². The Kier molecular flexibility index (Phi) is 12.8. The first-order valence-electron chi connectivity index (χ1n) is 10.7. The van der Waals surface area contributed by atoms with Crippen molar-refractivity contribution in [3.8, 4) is 5.75 Å². The van der Waals surface area contributed by atoms with E-state index < -0.39 is 6.10 Å². The van der Waals surface area contributed by atoms with Crippen molar-refractivity contribution in [2.24, 2.45) is 4.99 Å². The van der Waals surface area contributed by atoms with Gasteiger partial charge in [-0.15, -0.1) is 24.0 Å². The number of hydrogen-bond donors (Lipinski definition) is 4. The normalized spacial score (nSPS) is 15.8. The fourth-order valence-electron chi connectivity index (χ4n) is 3.36. The third-order valence-corrected chi connectivity index (χ3v) is 4.79. The van der Waals surface area contributed by atoms with Gasteiger partial charge >= 0.3 is 0 Å². The maximum atomic E-state index is 12.2. The van der Waals surface area contributed by atoms with Gasteiger partial charge in [-0.1, -0.05) is 31.4 Å². The lowest BCUT2D eigenvalue weighted by atomic mass is 9.95. The molecular weight excluding hydrogens is 495 g/mol. The fraction of sp³-hybridized carbons (Fsp3) is 0.636. The van der Waals surface area contributed by atoms with Crippen LogP contribution in [0.15, 0.2) is 29.3 Å². The zero-order valence-electron chi connectivity index (χ0n) is 18.3. The molecule has 0 bridgehead atoms. The van der Waals surface area contributed by atoms with Gasteiger partial charge in [0.15, 0.2) is 5.96 Å². The number of ether oxygens (including phenoxy) is 1. The highest BCUT2D eigenvalue weighted by Crippen LogP contribution is 2.18. The Labute approximate surface area is 197 Å². The predicted molar refractivity (Wildman–Crippen MR) is 132 cm³/mol. The standard InChI is InChI=1S/C22H36N4O3.HI/c1-4-23-22(25-15-21(28)26-18-8-6-5-7-9-18)24-14-20(27)17-10-12-19(13-11-17)29-16(2)3;/h10-13,16,18,20,27H,4-9,14-15H2,1-3H3,(H,26,28)(H2,23,24,25);1H. The zero-order chi connectivity index (χ0) is 21.1. The molecule has 0 spiro atoms. The first kappa shape index (κ1) is 26.5. The summed E-state index contributed by atoms with van der Waals surface area (Å²) in [4.78, 5) is 16.5. The lowest BCUT2D eigenvalue weighted by molar-refractivity contribution is -0.120. The average molecular weight is 532 g/mol. The second-order valence-electron chi connectivity index (χ2n) is 7.73. The van der Waals surface area contributed by atoms with E-state index in [-0.39, 0.29) is 48.6 Å². The number of aliphatic imine (C=N–C) groups is 1. The number of benzene rings is 1. The summed E-state index contributed by atoms with van der Waals surface area (Å²) in [6, 6.07) is 7.70. The van der Waals surface area contributed by atoms with Gasteiger partial charge in [0, 0.05) is 19.1 Å². The number of nitrogens with zero attached hydrogens (tertiary/aromatic N) is 1. The van der Waals surface area contributed by atoms with E-state index in [4.69, 9.17) is 4.74 Å². The van der Waals surface area contributed by atoms with E-state index in [0.717, 1.165) is 24.2 Å². The second-order valence-corrected chi connectivity index (χ2v) is 7.73. The molecule has 30 heavy (non-hydrogen) atoms. The van der Waals surface area contributed by atoms with E-state index in [2.05, 4.69) is 20.9 Å². The molecule has 0 heterocycles. The van der Waals surface area contributed by atoms with Gasteiger partial charge in [-0.05, 0) is 51.3 Å². The molecule has 1 unspecified atom stereocenters. The highest BCUT2D eigenvalue weighted by atomic mass is 127. The number of hydrogen-bond acceptors (Lipinski definition) is 4. The molecule has 2 rings (SSSR count). The van der Waals surface area contributed by atoms with Crippen molar-refractivity contribution >= 4 is 35.8 Å². The van der Waals surface area contributed by atoms with Gasteiger partial charge in [-0.3, -0.25) is 4.79 Å². The van der Waals surface area contributed by atoms with E-state index >= 15 is 0 Å². The maximum Gasteiger partial charge on any atom is 0.242 e. The minimum atomic E-state index is -0.692. The van der Waals surface area contributed by atoms with Crippen LogP contribution in [0.4, 0.5) is 0 Å². The summed E-state index contributed by atoms with van der Waals surface area (Å²) in [5, 5.41) is 19.7. The Morgan fingerprint density at radius 2 is 1.83 bits per heavy atom. The van der Waals surface area contributed by atoms with Crippen molar-refractivity contribution in [1.82, 2.24) is 16.0 Å². The van der Waals surface area contributed by atoms with Gasteiger partial charge in [0.1, 0.15) is 12.3 Å². The number of guanidine groups is 1. The highest BCUT2D eigenvalue weighted by molar-refractivity contribution is 14.0. The van der Waals surface area contributed by atoms with Gasteiger partial charge in [0.05, 0.1) is 12.2 Å². The number of halogens is 1. The molecule has 1 amide bonds. The van der Waals surface area contributed by atoms with Gasteiger partial charge in [0.2, 0.25) is 5.91 Å². The number of aliphatic hydroxyl groups excluding tert-OH is 1. The molecule has 1 aliphatic rings. The molecule has 1 aliphatic carbocycles. The number of amides is 1. The van der Waals surface area contributed by atoms with Crippen LogP contribution in [0.1, 0.15) is 64.5 Å². The van der Waals surface area contributed by atoms with Crippen molar-refractivity contribution in [2.45, 2.75) is 71.1 Å². The minimum Gasteiger partial charge on any atom is -0.491 e. The van der Waals surface area contributed by atoms with Crippen molar-refractivity contribution < 1.29 is 14.6 Å². The summed E-state index contributed by atoms with van der Waals surface area (Å²) in [5.74, 6) is 1.24. The van der Waals surface area contributed by atoms with Crippen LogP contribution < -0.4 is 20.7 Å². The van der Waals surface area contributed by atoms with Crippen LogP contribution in [-0.2, 0) is 4.79 Å². The van der Waals surface area contributed by atoms with Gasteiger partial charge < -0.3 is 25.8 Å². The van der Waals surface area contributed by atoms with E-state index in [9.17, 15) is 9.90 Å². The molecule has 8 heteroatoms. The Morgan fingerprint density at radius 3 is 2.43 bits per heavy atom. The molecule has 1 atom stereocenters. The smallest absolute Gasteiger partial charge is 0.242 e. The van der Waals surface area contributed by atoms with Crippen molar-refractivity contribution in [3.63, 3.8) is 0 Å². The Hall–Kier alpha value is -1.55. The summed E-state index contributed by atoms with van der Waals surface area (Å²) in [6.45, 7) is 6.95. The summed E-state index contributed by atoms with van der Waals surface area (Å²) in [6.07, 6.45) is 5.16. The Balaban J connectivity index is 0.00000450. The molecule has 0 radical (unpaired) electrons. The summed E-state index contributed by atoms with van der Waals surface area (Å²) < 4.78 is 5.62. The quantitative estimate of drug-likeness (QED) is 0.223. The summed E-state index contributed by atoms with van der Waals surface area (Å²) >= 11 is 0. The molecule has 170 valence electrons. The van der Waals surface area contributed by atoms with Crippen molar-refractivity contribution in [1.29, 1.82) is 0 Å². The fourth-order valence-corrected chi connectivity index (χ4v) is 3.36. The van der Waals surface area contributed by atoms with E-state index in [1.165, 1.54) is 19.3 Å². The van der Waals surface area contributed by atoms with E-state index in [1.54, 1.807) is 0 Å². The first-order valence-corrected chi connectivity index (χ1v) is 10.7. The number of nitrogens with one attached hydrogen (secondary N) is 3. The Bertz CT molecular complexity index is 646. The zero-order valence-corrected chi connectivity index (χ0v) is 20.6. The number of carbonyl (C=O) groups is 1. The SMILES string of the molecule is CCNC(=NCC(=O)NC1CCCCC1)NCC(O)c1ccc(OC(C)C)cc1.I. The van der Waals surface area contributed by atoms with Crippen molar-refractivity contribution in [2.75, 3.05) is 19.6 Å². The third kappa shape index (κ3) is 9.97. The molecule has 0 saturated heterocycles. The molecule has 0 aromatic heterocycles. The Morgan fingerprint density at radius 1 is 1.17 bits per heavy atom. The molecule has 1 fully saturated rings. The predicted octanol–water partition coefficient (Wildman–Crippen LogP) is 3.13. The topological polar surface area (TPSA) is 95.0 Å². The lowest BCUT2D eigenvalue weighted by Gasteiger charge is -2.22. The average Bonchev–Trinajstić information content (AvgIpc) is 2.70. The van der Waals surface area contributed by atoms with Crippen LogP contribution in [-0.4, -0.2) is 48.8 Å². The van der Waals surface area contributed by atoms with Crippen molar-refractivity contribution in [3.05, 3.63) is 29.8 Å². The molecule has 1 aromatic carbocycles.